The number of methoxy groups -OCH3 is 2. The van der Waals surface area contributed by atoms with Crippen molar-refractivity contribution in [1.29, 1.82) is 0 Å². The van der Waals surface area contributed by atoms with Gasteiger partial charge in [0.15, 0.2) is 0 Å². The minimum Gasteiger partial charge on any atom is -0.481 e. The Morgan fingerprint density at radius 1 is 1.21 bits per heavy atom. The molecule has 0 saturated carbocycles. The molecule has 5 heteroatoms. The van der Waals surface area contributed by atoms with Gasteiger partial charge in [-0.25, -0.2) is 9.37 Å². The Bertz CT molecular complexity index is 710. The lowest BCUT2D eigenvalue weighted by Crippen LogP contribution is -2.30. The molecule has 0 spiro atoms. The molecular formula is C19H24FNO3. The standard InChI is InChI=1S/C19H24FNO3/c1-6-12-7-8-13(14-10-17(23-4)21-11-16(14)20)15(9-12)18(24-5)19(2,3)22/h7-11,18,22H,6H2,1-5H3/t18-/m1/s1. The largest absolute Gasteiger partial charge is 0.481 e. The molecule has 0 aliphatic rings. The first-order chi connectivity index (χ1) is 11.3. The molecule has 24 heavy (non-hydrogen) atoms. The first-order valence-corrected chi connectivity index (χ1v) is 7.89. The van der Waals surface area contributed by atoms with Crippen molar-refractivity contribution in [2.24, 2.45) is 0 Å². The highest BCUT2D eigenvalue weighted by molar-refractivity contribution is 5.70. The number of hydrogen-bond donors (Lipinski definition) is 1. The molecule has 4 nitrogen and oxygen atoms in total. The summed E-state index contributed by atoms with van der Waals surface area (Å²) in [5.41, 5.74) is 1.71. The molecule has 0 saturated heterocycles. The molecule has 0 aliphatic carbocycles. The smallest absolute Gasteiger partial charge is 0.213 e. The summed E-state index contributed by atoms with van der Waals surface area (Å²) in [6, 6.07) is 7.30. The molecule has 0 aliphatic heterocycles. The van der Waals surface area contributed by atoms with Gasteiger partial charge in [0.1, 0.15) is 11.9 Å². The van der Waals surface area contributed by atoms with Crippen molar-refractivity contribution in [2.75, 3.05) is 14.2 Å². The van der Waals surface area contributed by atoms with Crippen molar-refractivity contribution >= 4 is 0 Å². The number of ether oxygens (including phenoxy) is 2. The van der Waals surface area contributed by atoms with Gasteiger partial charge < -0.3 is 14.6 Å². The molecular weight excluding hydrogens is 309 g/mol. The Kier molecular flexibility index (Phi) is 5.57. The van der Waals surface area contributed by atoms with E-state index in [9.17, 15) is 9.50 Å². The van der Waals surface area contributed by atoms with Crippen molar-refractivity contribution in [1.82, 2.24) is 4.98 Å². The van der Waals surface area contributed by atoms with E-state index in [2.05, 4.69) is 4.98 Å². The highest BCUT2D eigenvalue weighted by Gasteiger charge is 2.31. The van der Waals surface area contributed by atoms with Crippen LogP contribution < -0.4 is 4.74 Å². The van der Waals surface area contributed by atoms with Crippen molar-refractivity contribution in [3.8, 4) is 17.0 Å². The molecule has 1 aromatic heterocycles. The Hall–Kier alpha value is -1.98. The third-order valence-electron chi connectivity index (χ3n) is 4.01. The number of aliphatic hydroxyl groups is 1. The second-order valence-electron chi connectivity index (χ2n) is 6.25. The SMILES string of the molecule is CCc1ccc(-c2cc(OC)ncc2F)c([C@@H](OC)C(C)(C)O)c1. The third-order valence-corrected chi connectivity index (χ3v) is 4.01. The number of nitrogens with zero attached hydrogens (tertiary/aromatic N) is 1. The summed E-state index contributed by atoms with van der Waals surface area (Å²) in [5.74, 6) is -0.124. The maximum Gasteiger partial charge on any atom is 0.213 e. The fourth-order valence-electron chi connectivity index (χ4n) is 2.83. The number of aryl methyl sites for hydroxylation is 1. The van der Waals surface area contributed by atoms with Crippen LogP contribution in [0, 0.1) is 5.82 Å². The zero-order valence-electron chi connectivity index (χ0n) is 14.8. The van der Waals surface area contributed by atoms with Crippen LogP contribution in [0.25, 0.3) is 11.1 Å². The average Bonchev–Trinajstić information content (AvgIpc) is 2.55. The monoisotopic (exact) mass is 333 g/mol. The molecule has 2 rings (SSSR count). The van der Waals surface area contributed by atoms with Crippen LogP contribution in [-0.4, -0.2) is 29.9 Å². The van der Waals surface area contributed by atoms with E-state index >= 15 is 0 Å². The van der Waals surface area contributed by atoms with Crippen molar-refractivity contribution < 1.29 is 19.0 Å². The second-order valence-corrected chi connectivity index (χ2v) is 6.25. The topological polar surface area (TPSA) is 51.6 Å². The van der Waals surface area contributed by atoms with Crippen molar-refractivity contribution in [2.45, 2.75) is 38.9 Å². The number of pyridine rings is 1. The lowest BCUT2D eigenvalue weighted by Gasteiger charge is -2.30. The molecule has 2 aromatic rings. The van der Waals surface area contributed by atoms with E-state index in [0.29, 0.717) is 17.0 Å². The van der Waals surface area contributed by atoms with E-state index in [1.807, 2.05) is 25.1 Å². The van der Waals surface area contributed by atoms with Crippen LogP contribution in [0.1, 0.15) is 38.0 Å². The maximum absolute atomic E-state index is 14.4. The zero-order valence-corrected chi connectivity index (χ0v) is 14.8. The third kappa shape index (κ3) is 3.74. The first kappa shape index (κ1) is 18.4. The first-order valence-electron chi connectivity index (χ1n) is 7.89. The van der Waals surface area contributed by atoms with Gasteiger partial charge in [-0.3, -0.25) is 0 Å². The van der Waals surface area contributed by atoms with Gasteiger partial charge in [-0.2, -0.15) is 0 Å². The highest BCUT2D eigenvalue weighted by atomic mass is 19.1. The molecule has 0 unspecified atom stereocenters. The lowest BCUT2D eigenvalue weighted by atomic mass is 9.87. The molecule has 0 radical (unpaired) electrons. The summed E-state index contributed by atoms with van der Waals surface area (Å²) in [7, 11) is 3.02. The summed E-state index contributed by atoms with van der Waals surface area (Å²) in [6.07, 6.45) is 1.37. The van der Waals surface area contributed by atoms with Gasteiger partial charge in [-0.15, -0.1) is 0 Å². The minimum absolute atomic E-state index is 0.328. The minimum atomic E-state index is -1.12. The van der Waals surface area contributed by atoms with Crippen LogP contribution in [-0.2, 0) is 11.2 Å². The quantitative estimate of drug-likeness (QED) is 0.870. The number of halogens is 1. The van der Waals surface area contributed by atoms with Crippen LogP contribution in [0.4, 0.5) is 4.39 Å². The van der Waals surface area contributed by atoms with E-state index in [-0.39, 0.29) is 0 Å². The molecule has 0 amide bonds. The number of aromatic nitrogens is 1. The van der Waals surface area contributed by atoms with Crippen LogP contribution >= 0.6 is 0 Å². The van der Waals surface area contributed by atoms with Gasteiger partial charge in [0.25, 0.3) is 0 Å². The van der Waals surface area contributed by atoms with Gasteiger partial charge in [-0.1, -0.05) is 25.1 Å². The Morgan fingerprint density at radius 2 is 1.92 bits per heavy atom. The van der Waals surface area contributed by atoms with Gasteiger partial charge >= 0.3 is 0 Å². The normalized spacial score (nSPS) is 13.0. The summed E-state index contributed by atoms with van der Waals surface area (Å²) in [4.78, 5) is 3.88. The highest BCUT2D eigenvalue weighted by Crippen LogP contribution is 2.38. The van der Waals surface area contributed by atoms with Gasteiger partial charge in [-0.05, 0) is 37.0 Å². The fraction of sp³-hybridized carbons (Fsp3) is 0.421. The fourth-order valence-corrected chi connectivity index (χ4v) is 2.83. The Balaban J connectivity index is 2.70. The van der Waals surface area contributed by atoms with Crippen molar-refractivity contribution in [3.05, 3.63) is 47.4 Å². The molecule has 1 N–H and O–H groups in total. The second kappa shape index (κ2) is 7.28. The molecule has 1 atom stereocenters. The van der Waals surface area contributed by atoms with Crippen LogP contribution in [0.5, 0.6) is 5.88 Å². The predicted octanol–water partition coefficient (Wildman–Crippen LogP) is 3.92. The van der Waals surface area contributed by atoms with E-state index in [1.54, 1.807) is 19.9 Å². The van der Waals surface area contributed by atoms with Crippen LogP contribution in [0.15, 0.2) is 30.5 Å². The van der Waals surface area contributed by atoms with Crippen molar-refractivity contribution in [3.63, 3.8) is 0 Å². The van der Waals surface area contributed by atoms with Crippen LogP contribution in [0.3, 0.4) is 0 Å². The lowest BCUT2D eigenvalue weighted by molar-refractivity contribution is -0.0718. The molecule has 0 fully saturated rings. The summed E-state index contributed by atoms with van der Waals surface area (Å²) in [5, 5.41) is 10.5. The molecule has 0 bridgehead atoms. The number of hydrogen-bond acceptors (Lipinski definition) is 4. The number of rotatable bonds is 6. The van der Waals surface area contributed by atoms with E-state index in [0.717, 1.165) is 23.7 Å². The van der Waals surface area contributed by atoms with Gasteiger partial charge in [0.2, 0.25) is 5.88 Å². The van der Waals surface area contributed by atoms with Gasteiger partial charge in [0, 0.05) is 18.7 Å². The van der Waals surface area contributed by atoms with Gasteiger partial charge in [0.05, 0.1) is 18.9 Å². The van der Waals surface area contributed by atoms with E-state index in [1.165, 1.54) is 14.2 Å². The molecule has 1 heterocycles. The zero-order chi connectivity index (χ0) is 17.9. The molecule has 130 valence electrons. The average molecular weight is 333 g/mol. The Labute approximate surface area is 142 Å². The van der Waals surface area contributed by atoms with E-state index in [4.69, 9.17) is 9.47 Å². The summed E-state index contributed by atoms with van der Waals surface area (Å²) >= 11 is 0. The summed E-state index contributed by atoms with van der Waals surface area (Å²) < 4.78 is 25.0. The summed E-state index contributed by atoms with van der Waals surface area (Å²) in [6.45, 7) is 5.39. The maximum atomic E-state index is 14.4. The predicted molar refractivity (Wildman–Crippen MR) is 91.6 cm³/mol. The number of benzene rings is 1. The Morgan fingerprint density at radius 3 is 2.46 bits per heavy atom. The van der Waals surface area contributed by atoms with E-state index < -0.39 is 17.5 Å². The van der Waals surface area contributed by atoms with Crippen LogP contribution in [0.2, 0.25) is 0 Å². The molecule has 1 aromatic carbocycles.